The first-order valence-corrected chi connectivity index (χ1v) is 5.68. The minimum Gasteiger partial charge on any atom is -0.356 e. The first-order valence-electron chi connectivity index (χ1n) is 5.68. The number of carbonyl (C=O) groups is 1. The van der Waals surface area contributed by atoms with Gasteiger partial charge in [-0.3, -0.25) is 4.79 Å². The lowest BCUT2D eigenvalue weighted by molar-refractivity contribution is -0.858. The Hall–Kier alpha value is -0.570. The molecule has 0 saturated heterocycles. The second-order valence-electron chi connectivity index (χ2n) is 4.12. The molecule has 0 aromatic carbocycles. The van der Waals surface area contributed by atoms with Gasteiger partial charge in [-0.15, -0.1) is 0 Å². The number of rotatable bonds is 7. The molecule has 0 aliphatic carbocycles. The van der Waals surface area contributed by atoms with Gasteiger partial charge in [0.05, 0.1) is 20.6 Å². The summed E-state index contributed by atoms with van der Waals surface area (Å²) in [5.41, 5.74) is 0. The molecule has 2 N–H and O–H groups in total. The number of quaternary nitrogens is 1. The maximum atomic E-state index is 11.5. The molecule has 3 nitrogen and oxygen atoms in total. The molecule has 0 unspecified atom stereocenters. The normalized spacial score (nSPS) is 11.0. The quantitative estimate of drug-likeness (QED) is 0.562. The molecular weight excluding hydrogens is 176 g/mol. The molecule has 84 valence electrons. The summed E-state index contributed by atoms with van der Waals surface area (Å²) in [6.07, 6.45) is 2.96. The third-order valence-electron chi connectivity index (χ3n) is 2.51. The summed E-state index contributed by atoms with van der Waals surface area (Å²) in [7, 11) is 4.26. The molecule has 0 fully saturated rings. The van der Waals surface area contributed by atoms with Crippen molar-refractivity contribution < 1.29 is 9.69 Å². The molecule has 0 saturated carbocycles. The second-order valence-corrected chi connectivity index (χ2v) is 4.12. The van der Waals surface area contributed by atoms with E-state index in [1.165, 1.54) is 4.90 Å². The van der Waals surface area contributed by atoms with Crippen molar-refractivity contribution in [2.45, 2.75) is 33.1 Å². The zero-order chi connectivity index (χ0) is 11.0. The van der Waals surface area contributed by atoms with Gasteiger partial charge in [-0.1, -0.05) is 13.8 Å². The molecule has 0 spiro atoms. The number of amides is 1. The Morgan fingerprint density at radius 2 is 1.86 bits per heavy atom. The van der Waals surface area contributed by atoms with Gasteiger partial charge in [-0.2, -0.15) is 0 Å². The van der Waals surface area contributed by atoms with Crippen LogP contribution in [0.3, 0.4) is 0 Å². The van der Waals surface area contributed by atoms with Crippen molar-refractivity contribution in [2.24, 2.45) is 5.92 Å². The van der Waals surface area contributed by atoms with Gasteiger partial charge in [-0.05, 0) is 12.8 Å². The van der Waals surface area contributed by atoms with E-state index in [1.807, 2.05) is 0 Å². The molecule has 14 heavy (non-hydrogen) atoms. The Morgan fingerprint density at radius 1 is 1.29 bits per heavy atom. The molecular formula is C11H25N2O+. The SMILES string of the molecule is CCC(CC)C(=O)NCCC[NH+](C)C. The zero-order valence-corrected chi connectivity index (χ0v) is 10.0. The Balaban J connectivity index is 3.52. The Kier molecular flexibility index (Phi) is 7.48. The van der Waals surface area contributed by atoms with E-state index in [4.69, 9.17) is 0 Å². The van der Waals surface area contributed by atoms with Crippen LogP contribution in [0.4, 0.5) is 0 Å². The van der Waals surface area contributed by atoms with Crippen LogP contribution >= 0.6 is 0 Å². The number of nitrogens with one attached hydrogen (secondary N) is 2. The van der Waals surface area contributed by atoms with E-state index in [1.54, 1.807) is 0 Å². The van der Waals surface area contributed by atoms with Crippen LogP contribution in [0.5, 0.6) is 0 Å². The molecule has 0 aliphatic heterocycles. The number of carbonyl (C=O) groups excluding carboxylic acids is 1. The van der Waals surface area contributed by atoms with Crippen molar-refractivity contribution in [3.63, 3.8) is 0 Å². The molecule has 0 atom stereocenters. The summed E-state index contributed by atoms with van der Waals surface area (Å²) in [6, 6.07) is 0. The standard InChI is InChI=1S/C11H24N2O/c1-5-10(6-2)11(14)12-8-7-9-13(3)4/h10H,5-9H2,1-4H3,(H,12,14)/p+1. The maximum absolute atomic E-state index is 11.5. The summed E-state index contributed by atoms with van der Waals surface area (Å²) < 4.78 is 0. The van der Waals surface area contributed by atoms with Crippen LogP contribution in [0, 0.1) is 5.92 Å². The van der Waals surface area contributed by atoms with Crippen molar-refractivity contribution in [1.82, 2.24) is 5.32 Å². The highest BCUT2D eigenvalue weighted by Crippen LogP contribution is 2.06. The van der Waals surface area contributed by atoms with Gasteiger partial charge in [0, 0.05) is 18.9 Å². The number of hydrogen-bond donors (Lipinski definition) is 2. The van der Waals surface area contributed by atoms with Crippen LogP contribution in [-0.4, -0.2) is 33.1 Å². The van der Waals surface area contributed by atoms with E-state index in [0.717, 1.165) is 32.4 Å². The van der Waals surface area contributed by atoms with Crippen molar-refractivity contribution >= 4 is 5.91 Å². The predicted octanol–water partition coefficient (Wildman–Crippen LogP) is 0.0734. The Morgan fingerprint density at radius 3 is 2.29 bits per heavy atom. The highest BCUT2D eigenvalue weighted by molar-refractivity contribution is 5.78. The van der Waals surface area contributed by atoms with Gasteiger partial charge >= 0.3 is 0 Å². The molecule has 0 radical (unpaired) electrons. The zero-order valence-electron chi connectivity index (χ0n) is 10.0. The lowest BCUT2D eigenvalue weighted by Crippen LogP contribution is -3.05. The average molecular weight is 201 g/mol. The lowest BCUT2D eigenvalue weighted by Gasteiger charge is -2.13. The van der Waals surface area contributed by atoms with Crippen molar-refractivity contribution in [1.29, 1.82) is 0 Å². The molecule has 0 aromatic heterocycles. The summed E-state index contributed by atoms with van der Waals surface area (Å²) in [4.78, 5) is 13.0. The van der Waals surface area contributed by atoms with Crippen LogP contribution < -0.4 is 10.2 Å². The van der Waals surface area contributed by atoms with E-state index in [0.29, 0.717) is 0 Å². The molecule has 3 heteroatoms. The van der Waals surface area contributed by atoms with Gasteiger partial charge in [-0.25, -0.2) is 0 Å². The minimum atomic E-state index is 0.210. The van der Waals surface area contributed by atoms with Gasteiger partial charge in [0.1, 0.15) is 0 Å². The van der Waals surface area contributed by atoms with Gasteiger partial charge < -0.3 is 10.2 Å². The maximum Gasteiger partial charge on any atom is 0.223 e. The smallest absolute Gasteiger partial charge is 0.223 e. The van der Waals surface area contributed by atoms with E-state index in [-0.39, 0.29) is 11.8 Å². The highest BCUT2D eigenvalue weighted by Gasteiger charge is 2.12. The van der Waals surface area contributed by atoms with Gasteiger partial charge in [0.25, 0.3) is 0 Å². The molecule has 0 aromatic rings. The number of hydrogen-bond acceptors (Lipinski definition) is 1. The minimum absolute atomic E-state index is 0.210. The highest BCUT2D eigenvalue weighted by atomic mass is 16.1. The molecule has 0 rings (SSSR count). The summed E-state index contributed by atoms with van der Waals surface area (Å²) in [5.74, 6) is 0.436. The fourth-order valence-corrected chi connectivity index (χ4v) is 1.46. The van der Waals surface area contributed by atoms with Crippen molar-refractivity contribution in [3.8, 4) is 0 Å². The molecule has 1 amide bonds. The van der Waals surface area contributed by atoms with Gasteiger partial charge in [0.2, 0.25) is 5.91 Å². The second kappa shape index (κ2) is 7.80. The lowest BCUT2D eigenvalue weighted by atomic mass is 10.0. The van der Waals surface area contributed by atoms with Crippen LogP contribution in [-0.2, 0) is 4.79 Å². The van der Waals surface area contributed by atoms with E-state index in [9.17, 15) is 4.79 Å². The predicted molar refractivity (Wildman–Crippen MR) is 59.4 cm³/mol. The molecule has 0 aliphatic rings. The topological polar surface area (TPSA) is 33.5 Å². The van der Waals surface area contributed by atoms with E-state index >= 15 is 0 Å². The fraction of sp³-hybridized carbons (Fsp3) is 0.909. The monoisotopic (exact) mass is 201 g/mol. The fourth-order valence-electron chi connectivity index (χ4n) is 1.46. The largest absolute Gasteiger partial charge is 0.356 e. The average Bonchev–Trinajstić information content (AvgIpc) is 2.14. The van der Waals surface area contributed by atoms with E-state index < -0.39 is 0 Å². The van der Waals surface area contributed by atoms with Crippen LogP contribution in [0.15, 0.2) is 0 Å². The third kappa shape index (κ3) is 5.97. The van der Waals surface area contributed by atoms with Crippen molar-refractivity contribution in [3.05, 3.63) is 0 Å². The first-order chi connectivity index (χ1) is 6.61. The molecule has 0 bridgehead atoms. The van der Waals surface area contributed by atoms with Gasteiger partial charge in [0.15, 0.2) is 0 Å². The summed E-state index contributed by atoms with van der Waals surface area (Å²) >= 11 is 0. The third-order valence-corrected chi connectivity index (χ3v) is 2.51. The van der Waals surface area contributed by atoms with E-state index in [2.05, 4.69) is 33.3 Å². The van der Waals surface area contributed by atoms with Crippen LogP contribution in [0.2, 0.25) is 0 Å². The van der Waals surface area contributed by atoms with Crippen LogP contribution in [0.1, 0.15) is 33.1 Å². The Bertz CT molecular complexity index is 153. The van der Waals surface area contributed by atoms with Crippen LogP contribution in [0.25, 0.3) is 0 Å². The molecule has 0 heterocycles. The Labute approximate surface area is 87.9 Å². The van der Waals surface area contributed by atoms with Crippen molar-refractivity contribution in [2.75, 3.05) is 27.2 Å². The first kappa shape index (κ1) is 13.4. The summed E-state index contributed by atoms with van der Waals surface area (Å²) in [5, 5.41) is 2.99. The summed E-state index contributed by atoms with van der Waals surface area (Å²) in [6.45, 7) is 6.07.